The van der Waals surface area contributed by atoms with E-state index >= 15 is 0 Å². The summed E-state index contributed by atoms with van der Waals surface area (Å²) in [5.74, 6) is 2.22. The number of imidazole rings is 1. The normalized spacial score (nSPS) is 14.4. The molecule has 1 aliphatic heterocycles. The summed E-state index contributed by atoms with van der Waals surface area (Å²) in [5.41, 5.74) is 5.90. The van der Waals surface area contributed by atoms with Crippen LogP contribution in [0.3, 0.4) is 0 Å². The van der Waals surface area contributed by atoms with Gasteiger partial charge in [-0.3, -0.25) is 9.78 Å². The van der Waals surface area contributed by atoms with Gasteiger partial charge < -0.3 is 29.7 Å². The third-order valence-electron chi connectivity index (χ3n) is 7.99. The lowest BCUT2D eigenvalue weighted by Gasteiger charge is -2.32. The van der Waals surface area contributed by atoms with Gasteiger partial charge in [-0.15, -0.1) is 0 Å². The van der Waals surface area contributed by atoms with Crippen molar-refractivity contribution in [3.05, 3.63) is 71.5 Å². The molecule has 9 heteroatoms. The van der Waals surface area contributed by atoms with Crippen LogP contribution >= 0.6 is 0 Å². The summed E-state index contributed by atoms with van der Waals surface area (Å²) in [6.07, 6.45) is 3.53. The Kier molecular flexibility index (Phi) is 9.39. The highest BCUT2D eigenvalue weighted by Crippen LogP contribution is 2.30. The SMILES string of the molecule is CCc1ccc(Nc2nc3cc(Oc4ccnc(C(=O)NCCCN5CCN(C)CC5)c4)ccc3n2C)cc1C(C)C. The average molecular weight is 570 g/mol. The second-order valence-corrected chi connectivity index (χ2v) is 11.4. The van der Waals surface area contributed by atoms with Crippen molar-refractivity contribution >= 4 is 28.6 Å². The van der Waals surface area contributed by atoms with E-state index in [2.05, 4.69) is 71.4 Å². The number of likely N-dealkylation sites (N-methyl/N-ethyl adjacent to an activating group) is 1. The maximum absolute atomic E-state index is 12.7. The van der Waals surface area contributed by atoms with E-state index < -0.39 is 0 Å². The molecule has 2 N–H and O–H groups in total. The van der Waals surface area contributed by atoms with Crippen LogP contribution < -0.4 is 15.4 Å². The zero-order valence-corrected chi connectivity index (χ0v) is 25.5. The number of fused-ring (bicyclic) bond motifs is 1. The standard InChI is InChI=1S/C33H43N7O2/c1-6-24-8-9-25(20-28(24)23(2)3)36-33-37-29-21-26(10-11-31(29)39(33)5)42-27-12-14-34-30(22-27)32(41)35-13-7-15-40-18-16-38(4)17-19-40/h8-12,14,20-23H,6-7,13,15-19H2,1-5H3,(H,35,41)(H,36,37). The predicted octanol–water partition coefficient (Wildman–Crippen LogP) is 5.56. The number of nitrogens with one attached hydrogen (secondary N) is 2. The summed E-state index contributed by atoms with van der Waals surface area (Å²) in [6, 6.07) is 15.8. The van der Waals surface area contributed by atoms with Crippen LogP contribution in [0.1, 0.15) is 54.7 Å². The van der Waals surface area contributed by atoms with Crippen molar-refractivity contribution in [3.63, 3.8) is 0 Å². The molecule has 1 aliphatic rings. The fourth-order valence-corrected chi connectivity index (χ4v) is 5.42. The molecule has 222 valence electrons. The molecule has 3 heterocycles. The van der Waals surface area contributed by atoms with Gasteiger partial charge in [-0.25, -0.2) is 4.98 Å². The third kappa shape index (κ3) is 7.09. The van der Waals surface area contributed by atoms with E-state index in [0.717, 1.165) is 68.2 Å². The molecule has 0 saturated carbocycles. The van der Waals surface area contributed by atoms with Crippen LogP contribution in [0.15, 0.2) is 54.7 Å². The summed E-state index contributed by atoms with van der Waals surface area (Å²) in [6.45, 7) is 12.6. The molecular weight excluding hydrogens is 526 g/mol. The number of nitrogens with zero attached hydrogens (tertiary/aromatic N) is 5. The summed E-state index contributed by atoms with van der Waals surface area (Å²) in [7, 11) is 4.16. The van der Waals surface area contributed by atoms with Crippen molar-refractivity contribution in [2.24, 2.45) is 7.05 Å². The summed E-state index contributed by atoms with van der Waals surface area (Å²) >= 11 is 0. The van der Waals surface area contributed by atoms with E-state index in [9.17, 15) is 4.79 Å². The lowest BCUT2D eigenvalue weighted by Crippen LogP contribution is -2.45. The second kappa shape index (κ2) is 13.4. The van der Waals surface area contributed by atoms with Crippen LogP contribution in [0, 0.1) is 0 Å². The summed E-state index contributed by atoms with van der Waals surface area (Å²) < 4.78 is 8.17. The van der Waals surface area contributed by atoms with Crippen molar-refractivity contribution in [1.82, 2.24) is 29.7 Å². The van der Waals surface area contributed by atoms with Crippen molar-refractivity contribution in [2.45, 2.75) is 39.5 Å². The lowest BCUT2D eigenvalue weighted by atomic mass is 9.95. The monoisotopic (exact) mass is 569 g/mol. The first-order valence-electron chi connectivity index (χ1n) is 15.0. The zero-order chi connectivity index (χ0) is 29.6. The van der Waals surface area contributed by atoms with Gasteiger partial charge in [-0.1, -0.05) is 26.8 Å². The summed E-state index contributed by atoms with van der Waals surface area (Å²) in [4.78, 5) is 26.6. The zero-order valence-electron chi connectivity index (χ0n) is 25.5. The molecule has 1 fully saturated rings. The second-order valence-electron chi connectivity index (χ2n) is 11.4. The van der Waals surface area contributed by atoms with Crippen LogP contribution in [-0.2, 0) is 13.5 Å². The van der Waals surface area contributed by atoms with Gasteiger partial charge >= 0.3 is 0 Å². The number of pyridine rings is 1. The molecule has 0 atom stereocenters. The van der Waals surface area contributed by atoms with E-state index in [0.29, 0.717) is 29.7 Å². The Morgan fingerprint density at radius 1 is 1.00 bits per heavy atom. The van der Waals surface area contributed by atoms with Gasteiger partial charge in [-0.05, 0) is 73.8 Å². The van der Waals surface area contributed by atoms with E-state index in [1.165, 1.54) is 11.1 Å². The van der Waals surface area contributed by atoms with Gasteiger partial charge in [-0.2, -0.15) is 0 Å². The first-order chi connectivity index (χ1) is 20.3. The van der Waals surface area contributed by atoms with Gasteiger partial charge in [0.1, 0.15) is 17.2 Å². The highest BCUT2D eigenvalue weighted by Gasteiger charge is 2.15. The highest BCUT2D eigenvalue weighted by molar-refractivity contribution is 5.92. The molecule has 1 saturated heterocycles. The number of rotatable bonds is 11. The van der Waals surface area contributed by atoms with Crippen LogP contribution in [0.25, 0.3) is 11.0 Å². The molecule has 2 aromatic carbocycles. The Balaban J connectivity index is 1.21. The smallest absolute Gasteiger partial charge is 0.270 e. The van der Waals surface area contributed by atoms with E-state index in [-0.39, 0.29) is 5.91 Å². The number of aromatic nitrogens is 3. The molecule has 4 aromatic rings. The Hall–Kier alpha value is -3.95. The molecule has 0 radical (unpaired) electrons. The topological polar surface area (TPSA) is 87.6 Å². The number of carbonyl (C=O) groups is 1. The number of amides is 1. The Morgan fingerprint density at radius 3 is 2.55 bits per heavy atom. The van der Waals surface area contributed by atoms with Crippen molar-refractivity contribution < 1.29 is 9.53 Å². The minimum absolute atomic E-state index is 0.192. The van der Waals surface area contributed by atoms with Gasteiger partial charge in [0.05, 0.1) is 11.0 Å². The molecule has 2 aromatic heterocycles. The largest absolute Gasteiger partial charge is 0.457 e. The number of hydrogen-bond donors (Lipinski definition) is 2. The number of aryl methyl sites for hydroxylation is 2. The first-order valence-corrected chi connectivity index (χ1v) is 15.0. The predicted molar refractivity (Wildman–Crippen MR) is 169 cm³/mol. The average Bonchev–Trinajstić information content (AvgIpc) is 3.30. The minimum atomic E-state index is -0.192. The van der Waals surface area contributed by atoms with Crippen molar-refractivity contribution in [2.75, 3.05) is 51.6 Å². The lowest BCUT2D eigenvalue weighted by molar-refractivity contribution is 0.0944. The highest BCUT2D eigenvalue weighted by atomic mass is 16.5. The molecular formula is C33H43N7O2. The van der Waals surface area contributed by atoms with Crippen LogP contribution in [0.4, 0.5) is 11.6 Å². The maximum Gasteiger partial charge on any atom is 0.270 e. The third-order valence-corrected chi connectivity index (χ3v) is 7.99. The fourth-order valence-electron chi connectivity index (χ4n) is 5.42. The van der Waals surface area contributed by atoms with Crippen molar-refractivity contribution in [1.29, 1.82) is 0 Å². The van der Waals surface area contributed by atoms with Crippen molar-refractivity contribution in [3.8, 4) is 11.5 Å². The first kappa shape index (κ1) is 29.5. The van der Waals surface area contributed by atoms with Gasteiger partial charge in [0.2, 0.25) is 5.95 Å². The molecule has 1 amide bonds. The van der Waals surface area contributed by atoms with Crippen LogP contribution in [-0.4, -0.2) is 76.6 Å². The number of piperazine rings is 1. The Morgan fingerprint density at radius 2 is 1.79 bits per heavy atom. The Bertz CT molecular complexity index is 1520. The number of ether oxygens (including phenoxy) is 1. The molecule has 0 aliphatic carbocycles. The number of hydrogen-bond acceptors (Lipinski definition) is 7. The molecule has 5 rings (SSSR count). The van der Waals surface area contributed by atoms with E-state index in [4.69, 9.17) is 9.72 Å². The Labute approximate surface area is 248 Å². The molecule has 0 unspecified atom stereocenters. The number of carbonyl (C=O) groups excluding carboxylic acids is 1. The van der Waals surface area contributed by atoms with Crippen LogP contribution in [0.2, 0.25) is 0 Å². The summed E-state index contributed by atoms with van der Waals surface area (Å²) in [5, 5.41) is 6.49. The molecule has 42 heavy (non-hydrogen) atoms. The molecule has 9 nitrogen and oxygen atoms in total. The molecule has 0 bridgehead atoms. The minimum Gasteiger partial charge on any atom is -0.457 e. The number of benzene rings is 2. The van der Waals surface area contributed by atoms with Crippen LogP contribution in [0.5, 0.6) is 11.5 Å². The quantitative estimate of drug-likeness (QED) is 0.229. The maximum atomic E-state index is 12.7. The van der Waals surface area contributed by atoms with Gasteiger partial charge in [0.15, 0.2) is 0 Å². The van der Waals surface area contributed by atoms with E-state index in [1.807, 2.05) is 29.8 Å². The van der Waals surface area contributed by atoms with E-state index in [1.54, 1.807) is 18.3 Å². The fraction of sp³-hybridized carbons (Fsp3) is 0.424. The molecule has 0 spiro atoms. The van der Waals surface area contributed by atoms with Gasteiger partial charge in [0.25, 0.3) is 5.91 Å². The van der Waals surface area contributed by atoms with Gasteiger partial charge in [0, 0.05) is 63.8 Å². The number of anilines is 2.